The van der Waals surface area contributed by atoms with Crippen molar-refractivity contribution in [3.8, 4) is 0 Å². The number of aromatic carboxylic acids is 1. The van der Waals surface area contributed by atoms with Gasteiger partial charge in [0, 0.05) is 0 Å². The maximum absolute atomic E-state index is 13.0. The lowest BCUT2D eigenvalue weighted by Gasteiger charge is -2.25. The van der Waals surface area contributed by atoms with Crippen LogP contribution in [0.5, 0.6) is 0 Å². The van der Waals surface area contributed by atoms with Crippen LogP contribution in [0.15, 0.2) is 18.2 Å². The standard InChI is InChI=1S/C13H17FN2O3/c1-3-13(15,4-2)12(19)16-10-6-5-8(14)7-9(10)11(17)18/h5-7H,3-4,15H2,1-2H3,(H,16,19)(H,17,18). The zero-order valence-electron chi connectivity index (χ0n) is 10.9. The minimum Gasteiger partial charge on any atom is -0.478 e. The van der Waals surface area contributed by atoms with E-state index in [9.17, 15) is 14.0 Å². The number of nitrogens with one attached hydrogen (secondary N) is 1. The van der Waals surface area contributed by atoms with Crippen molar-refractivity contribution in [2.75, 3.05) is 5.32 Å². The summed E-state index contributed by atoms with van der Waals surface area (Å²) in [6.07, 6.45) is 0.831. The lowest BCUT2D eigenvalue weighted by atomic mass is 9.93. The molecule has 0 spiro atoms. The first-order chi connectivity index (χ1) is 8.84. The molecule has 0 saturated carbocycles. The second kappa shape index (κ2) is 5.79. The molecule has 1 amide bonds. The Morgan fingerprint density at radius 1 is 1.37 bits per heavy atom. The molecule has 1 aromatic rings. The van der Waals surface area contributed by atoms with Crippen LogP contribution in [0, 0.1) is 5.82 Å². The molecule has 104 valence electrons. The summed E-state index contributed by atoms with van der Waals surface area (Å²) in [6.45, 7) is 3.54. The number of carbonyl (C=O) groups is 2. The third-order valence-electron chi connectivity index (χ3n) is 3.17. The maximum atomic E-state index is 13.0. The first kappa shape index (κ1) is 15.1. The van der Waals surface area contributed by atoms with Gasteiger partial charge in [0.25, 0.3) is 0 Å². The molecule has 0 fully saturated rings. The van der Waals surface area contributed by atoms with E-state index in [4.69, 9.17) is 10.8 Å². The fraction of sp³-hybridized carbons (Fsp3) is 0.385. The molecule has 0 radical (unpaired) electrons. The highest BCUT2D eigenvalue weighted by molar-refractivity contribution is 6.03. The van der Waals surface area contributed by atoms with E-state index in [1.165, 1.54) is 6.07 Å². The Morgan fingerprint density at radius 3 is 2.42 bits per heavy atom. The topological polar surface area (TPSA) is 92.4 Å². The van der Waals surface area contributed by atoms with Crippen LogP contribution in [0.4, 0.5) is 10.1 Å². The van der Waals surface area contributed by atoms with Gasteiger partial charge in [-0.1, -0.05) is 13.8 Å². The number of carbonyl (C=O) groups excluding carboxylic acids is 1. The van der Waals surface area contributed by atoms with Crippen molar-refractivity contribution >= 4 is 17.6 Å². The van der Waals surface area contributed by atoms with E-state index in [0.29, 0.717) is 12.8 Å². The minimum absolute atomic E-state index is 0.0376. The van der Waals surface area contributed by atoms with Crippen molar-refractivity contribution in [3.63, 3.8) is 0 Å². The first-order valence-electron chi connectivity index (χ1n) is 5.97. The Kier molecular flexibility index (Phi) is 4.61. The summed E-state index contributed by atoms with van der Waals surface area (Å²) in [5.41, 5.74) is 4.58. The van der Waals surface area contributed by atoms with Gasteiger partial charge in [-0.15, -0.1) is 0 Å². The number of anilines is 1. The third-order valence-corrected chi connectivity index (χ3v) is 3.17. The van der Waals surface area contributed by atoms with Crippen LogP contribution < -0.4 is 11.1 Å². The normalized spacial score (nSPS) is 11.2. The van der Waals surface area contributed by atoms with Crippen molar-refractivity contribution < 1.29 is 19.1 Å². The van der Waals surface area contributed by atoms with Crippen LogP contribution in [0.3, 0.4) is 0 Å². The lowest BCUT2D eigenvalue weighted by molar-refractivity contribution is -0.121. The van der Waals surface area contributed by atoms with E-state index in [2.05, 4.69) is 5.32 Å². The average Bonchev–Trinajstić information content (AvgIpc) is 2.39. The van der Waals surface area contributed by atoms with E-state index >= 15 is 0 Å². The van der Waals surface area contributed by atoms with E-state index in [-0.39, 0.29) is 11.3 Å². The number of carboxylic acids is 1. The van der Waals surface area contributed by atoms with Gasteiger partial charge in [-0.3, -0.25) is 4.79 Å². The summed E-state index contributed by atoms with van der Waals surface area (Å²) in [7, 11) is 0. The van der Waals surface area contributed by atoms with Crippen molar-refractivity contribution in [2.24, 2.45) is 5.73 Å². The largest absolute Gasteiger partial charge is 0.478 e. The molecule has 0 aliphatic rings. The highest BCUT2D eigenvalue weighted by Gasteiger charge is 2.30. The van der Waals surface area contributed by atoms with Gasteiger partial charge in [-0.25, -0.2) is 9.18 Å². The molecule has 0 aromatic heterocycles. The van der Waals surface area contributed by atoms with Crippen LogP contribution in [0.25, 0.3) is 0 Å². The van der Waals surface area contributed by atoms with E-state index in [1.807, 2.05) is 0 Å². The van der Waals surface area contributed by atoms with Gasteiger partial charge in [0.15, 0.2) is 0 Å². The summed E-state index contributed by atoms with van der Waals surface area (Å²) in [4.78, 5) is 23.0. The fourth-order valence-electron chi connectivity index (χ4n) is 1.62. The molecule has 1 rings (SSSR count). The van der Waals surface area contributed by atoms with Gasteiger partial charge in [0.2, 0.25) is 5.91 Å². The molecule has 0 unspecified atom stereocenters. The Morgan fingerprint density at radius 2 is 1.95 bits per heavy atom. The molecule has 0 aliphatic heterocycles. The maximum Gasteiger partial charge on any atom is 0.337 e. The zero-order chi connectivity index (χ0) is 14.6. The molecule has 4 N–H and O–H groups in total. The second-order valence-electron chi connectivity index (χ2n) is 4.31. The Hall–Kier alpha value is -1.95. The molecule has 0 heterocycles. The monoisotopic (exact) mass is 268 g/mol. The molecule has 0 atom stereocenters. The number of amides is 1. The lowest BCUT2D eigenvalue weighted by Crippen LogP contribution is -2.50. The van der Waals surface area contributed by atoms with Gasteiger partial charge in [-0.05, 0) is 31.0 Å². The second-order valence-corrected chi connectivity index (χ2v) is 4.31. The molecule has 19 heavy (non-hydrogen) atoms. The summed E-state index contributed by atoms with van der Waals surface area (Å²) in [5.74, 6) is -2.47. The number of hydrogen-bond acceptors (Lipinski definition) is 3. The first-order valence-corrected chi connectivity index (χ1v) is 5.97. The van der Waals surface area contributed by atoms with Crippen LogP contribution in [0.2, 0.25) is 0 Å². The van der Waals surface area contributed by atoms with E-state index < -0.39 is 23.2 Å². The van der Waals surface area contributed by atoms with Crippen LogP contribution in [-0.2, 0) is 4.79 Å². The molecule has 0 aliphatic carbocycles. The Bertz CT molecular complexity index is 499. The molecule has 0 saturated heterocycles. The summed E-state index contributed by atoms with van der Waals surface area (Å²) in [5, 5.41) is 11.4. The molecular formula is C13H17FN2O3. The summed E-state index contributed by atoms with van der Waals surface area (Å²) in [6, 6.07) is 3.15. The third kappa shape index (κ3) is 3.29. The van der Waals surface area contributed by atoms with Gasteiger partial charge >= 0.3 is 5.97 Å². The smallest absolute Gasteiger partial charge is 0.337 e. The summed E-state index contributed by atoms with van der Waals surface area (Å²) < 4.78 is 13.0. The number of rotatable bonds is 5. The van der Waals surface area contributed by atoms with Crippen molar-refractivity contribution in [2.45, 2.75) is 32.2 Å². The highest BCUT2D eigenvalue weighted by atomic mass is 19.1. The Balaban J connectivity index is 3.06. The number of halogens is 1. The molecule has 5 nitrogen and oxygen atoms in total. The molecule has 1 aromatic carbocycles. The minimum atomic E-state index is -1.31. The highest BCUT2D eigenvalue weighted by Crippen LogP contribution is 2.20. The average molecular weight is 268 g/mol. The van der Waals surface area contributed by atoms with Gasteiger partial charge in [0.05, 0.1) is 16.8 Å². The van der Waals surface area contributed by atoms with E-state index in [0.717, 1.165) is 12.1 Å². The Labute approximate surface area is 110 Å². The predicted molar refractivity (Wildman–Crippen MR) is 69.5 cm³/mol. The number of benzene rings is 1. The van der Waals surface area contributed by atoms with Crippen LogP contribution >= 0.6 is 0 Å². The van der Waals surface area contributed by atoms with E-state index in [1.54, 1.807) is 13.8 Å². The zero-order valence-corrected chi connectivity index (χ0v) is 10.9. The number of nitrogens with two attached hydrogens (primary N) is 1. The SMILES string of the molecule is CCC(N)(CC)C(=O)Nc1ccc(F)cc1C(=O)O. The van der Waals surface area contributed by atoms with Crippen LogP contribution in [0.1, 0.15) is 37.0 Å². The van der Waals surface area contributed by atoms with Crippen molar-refractivity contribution in [1.29, 1.82) is 0 Å². The number of carboxylic acid groups (broad SMARTS) is 1. The molecular weight excluding hydrogens is 251 g/mol. The fourth-order valence-corrected chi connectivity index (χ4v) is 1.62. The predicted octanol–water partition coefficient (Wildman–Crippen LogP) is 1.98. The molecule has 6 heteroatoms. The van der Waals surface area contributed by atoms with Gasteiger partial charge in [-0.2, -0.15) is 0 Å². The molecule has 0 bridgehead atoms. The van der Waals surface area contributed by atoms with Crippen LogP contribution in [-0.4, -0.2) is 22.5 Å². The summed E-state index contributed by atoms with van der Waals surface area (Å²) >= 11 is 0. The quantitative estimate of drug-likeness (QED) is 0.761. The number of hydrogen-bond donors (Lipinski definition) is 3. The van der Waals surface area contributed by atoms with Gasteiger partial charge in [0.1, 0.15) is 5.82 Å². The van der Waals surface area contributed by atoms with Crippen molar-refractivity contribution in [3.05, 3.63) is 29.6 Å². The van der Waals surface area contributed by atoms with Gasteiger partial charge < -0.3 is 16.2 Å². The van der Waals surface area contributed by atoms with Crippen molar-refractivity contribution in [1.82, 2.24) is 0 Å².